The molecule has 1 atom stereocenters. The summed E-state index contributed by atoms with van der Waals surface area (Å²) in [6.45, 7) is 5.08. The van der Waals surface area contributed by atoms with Crippen LogP contribution in [0.25, 0.3) is 0 Å². The number of anilines is 2. The summed E-state index contributed by atoms with van der Waals surface area (Å²) in [5, 5.41) is 7.94. The maximum absolute atomic E-state index is 12.5. The smallest absolute Gasteiger partial charge is 0.329 e. The lowest BCUT2D eigenvalue weighted by Gasteiger charge is -2.14. The Labute approximate surface area is 145 Å². The molecule has 0 aromatic heterocycles. The van der Waals surface area contributed by atoms with E-state index in [2.05, 4.69) is 16.0 Å². The zero-order valence-corrected chi connectivity index (χ0v) is 14.5. The van der Waals surface area contributed by atoms with Crippen LogP contribution in [0.1, 0.15) is 33.6 Å². The van der Waals surface area contributed by atoms with Gasteiger partial charge in [0.1, 0.15) is 6.04 Å². The van der Waals surface area contributed by atoms with E-state index in [1.54, 1.807) is 24.3 Å². The van der Waals surface area contributed by atoms with E-state index in [0.717, 1.165) is 4.90 Å². The molecule has 1 aromatic rings. The van der Waals surface area contributed by atoms with Crippen molar-refractivity contribution >= 4 is 35.1 Å². The Morgan fingerprint density at radius 3 is 2.64 bits per heavy atom. The Morgan fingerprint density at radius 2 is 2.00 bits per heavy atom. The largest absolute Gasteiger partial charge is 0.354 e. The fourth-order valence-corrected chi connectivity index (χ4v) is 2.57. The fourth-order valence-electron chi connectivity index (χ4n) is 2.57. The van der Waals surface area contributed by atoms with Gasteiger partial charge in [0, 0.05) is 25.1 Å². The normalized spacial score (nSPS) is 16.8. The van der Waals surface area contributed by atoms with Crippen molar-refractivity contribution in [2.45, 2.75) is 45.7 Å². The van der Waals surface area contributed by atoms with Gasteiger partial charge in [-0.2, -0.15) is 0 Å². The summed E-state index contributed by atoms with van der Waals surface area (Å²) in [4.78, 5) is 48.5. The molecule has 1 saturated heterocycles. The predicted molar refractivity (Wildman–Crippen MR) is 93.1 cm³/mol. The summed E-state index contributed by atoms with van der Waals surface area (Å²) in [6.07, 6.45) is 0.375. The highest BCUT2D eigenvalue weighted by atomic mass is 16.2. The number of carbonyl (C=O) groups is 4. The van der Waals surface area contributed by atoms with Crippen molar-refractivity contribution in [3.63, 3.8) is 0 Å². The topological polar surface area (TPSA) is 108 Å². The van der Waals surface area contributed by atoms with Gasteiger partial charge in [-0.25, -0.2) is 9.69 Å². The van der Waals surface area contributed by atoms with Gasteiger partial charge in [0.2, 0.25) is 11.8 Å². The molecular formula is C17H22N4O4. The minimum absolute atomic E-state index is 0.0226. The number of nitrogens with one attached hydrogen (secondary N) is 3. The second kappa shape index (κ2) is 7.78. The van der Waals surface area contributed by atoms with Crippen LogP contribution in [0.5, 0.6) is 0 Å². The molecule has 1 aliphatic heterocycles. The van der Waals surface area contributed by atoms with Crippen LogP contribution in [0.15, 0.2) is 24.3 Å². The quantitative estimate of drug-likeness (QED) is 0.676. The monoisotopic (exact) mass is 346 g/mol. The first-order chi connectivity index (χ1) is 11.8. The van der Waals surface area contributed by atoms with Crippen LogP contribution in [0, 0.1) is 0 Å². The van der Waals surface area contributed by atoms with Crippen LogP contribution in [-0.2, 0) is 14.4 Å². The van der Waals surface area contributed by atoms with E-state index >= 15 is 0 Å². The average Bonchev–Trinajstić information content (AvgIpc) is 2.78. The van der Waals surface area contributed by atoms with Crippen molar-refractivity contribution in [3.05, 3.63) is 24.3 Å². The van der Waals surface area contributed by atoms with E-state index in [1.165, 1.54) is 6.92 Å². The van der Waals surface area contributed by atoms with E-state index < -0.39 is 18.0 Å². The number of benzene rings is 1. The molecule has 1 heterocycles. The summed E-state index contributed by atoms with van der Waals surface area (Å²) in [5.41, 5.74) is 0.855. The molecule has 1 aliphatic rings. The van der Waals surface area contributed by atoms with Gasteiger partial charge < -0.3 is 16.0 Å². The predicted octanol–water partition coefficient (Wildman–Crippen LogP) is 1.37. The third-order valence-corrected chi connectivity index (χ3v) is 3.55. The molecule has 0 saturated carbocycles. The van der Waals surface area contributed by atoms with Crippen molar-refractivity contribution in [3.8, 4) is 0 Å². The second-order valence-corrected chi connectivity index (χ2v) is 6.17. The van der Waals surface area contributed by atoms with Gasteiger partial charge in [0.15, 0.2) is 0 Å². The first-order valence-electron chi connectivity index (χ1n) is 8.09. The minimum Gasteiger partial charge on any atom is -0.354 e. The maximum atomic E-state index is 12.5. The van der Waals surface area contributed by atoms with E-state index in [1.807, 2.05) is 13.8 Å². The molecule has 134 valence electrons. The number of imide groups is 1. The van der Waals surface area contributed by atoms with Gasteiger partial charge in [-0.1, -0.05) is 6.07 Å². The summed E-state index contributed by atoms with van der Waals surface area (Å²) in [7, 11) is 0. The van der Waals surface area contributed by atoms with E-state index in [9.17, 15) is 19.2 Å². The Kier molecular flexibility index (Phi) is 5.74. The zero-order chi connectivity index (χ0) is 18.6. The number of hydrogen-bond donors (Lipinski definition) is 3. The number of carbonyl (C=O) groups excluding carboxylic acids is 4. The highest BCUT2D eigenvalue weighted by Crippen LogP contribution is 2.24. The highest BCUT2D eigenvalue weighted by molar-refractivity contribution is 6.21. The maximum Gasteiger partial charge on any atom is 0.329 e. The third kappa shape index (κ3) is 4.79. The van der Waals surface area contributed by atoms with E-state index in [-0.39, 0.29) is 30.7 Å². The Balaban J connectivity index is 2.06. The van der Waals surface area contributed by atoms with Crippen LogP contribution < -0.4 is 20.9 Å². The summed E-state index contributed by atoms with van der Waals surface area (Å²) < 4.78 is 0. The Bertz CT molecular complexity index is 702. The number of hydrogen-bond acceptors (Lipinski definition) is 4. The van der Waals surface area contributed by atoms with Gasteiger partial charge in [0.25, 0.3) is 5.91 Å². The van der Waals surface area contributed by atoms with Crippen LogP contribution in [0.2, 0.25) is 0 Å². The van der Waals surface area contributed by atoms with Crippen molar-refractivity contribution in [2.24, 2.45) is 0 Å². The Hall–Kier alpha value is -2.90. The van der Waals surface area contributed by atoms with Crippen LogP contribution >= 0.6 is 0 Å². The molecular weight excluding hydrogens is 324 g/mol. The number of amides is 5. The number of urea groups is 1. The van der Waals surface area contributed by atoms with E-state index in [4.69, 9.17) is 0 Å². The van der Waals surface area contributed by atoms with Crippen molar-refractivity contribution in [1.82, 2.24) is 10.6 Å². The first kappa shape index (κ1) is 18.4. The molecule has 1 aromatic carbocycles. The van der Waals surface area contributed by atoms with Crippen molar-refractivity contribution < 1.29 is 19.2 Å². The van der Waals surface area contributed by atoms with E-state index in [0.29, 0.717) is 11.4 Å². The molecule has 5 amide bonds. The second-order valence-electron chi connectivity index (χ2n) is 6.17. The van der Waals surface area contributed by atoms with Crippen LogP contribution in [0.4, 0.5) is 16.2 Å². The zero-order valence-electron chi connectivity index (χ0n) is 14.5. The van der Waals surface area contributed by atoms with Gasteiger partial charge >= 0.3 is 6.03 Å². The fraction of sp³-hybridized carbons (Fsp3) is 0.412. The van der Waals surface area contributed by atoms with Crippen molar-refractivity contribution in [2.75, 3.05) is 10.2 Å². The molecule has 3 N–H and O–H groups in total. The van der Waals surface area contributed by atoms with Crippen LogP contribution in [-0.4, -0.2) is 35.8 Å². The molecule has 1 fully saturated rings. The molecule has 25 heavy (non-hydrogen) atoms. The van der Waals surface area contributed by atoms with Gasteiger partial charge in [-0.15, -0.1) is 0 Å². The van der Waals surface area contributed by atoms with Crippen LogP contribution in [0.3, 0.4) is 0 Å². The first-order valence-corrected chi connectivity index (χ1v) is 8.09. The minimum atomic E-state index is -0.741. The van der Waals surface area contributed by atoms with Gasteiger partial charge in [0.05, 0.1) is 5.69 Å². The molecule has 0 aliphatic carbocycles. The molecule has 0 radical (unpaired) electrons. The lowest BCUT2D eigenvalue weighted by atomic mass is 10.1. The third-order valence-electron chi connectivity index (χ3n) is 3.55. The lowest BCUT2D eigenvalue weighted by Crippen LogP contribution is -2.34. The molecule has 0 bridgehead atoms. The standard InChI is InChI=1S/C17H22N4O4/c1-10(2)18-15(23)8-7-14-16(24)21(17(25)20-14)13-6-4-5-12(9-13)19-11(3)22/h4-6,9-10,14H,7-8H2,1-3H3,(H,18,23)(H,19,22)(H,20,25). The van der Waals surface area contributed by atoms with Crippen molar-refractivity contribution in [1.29, 1.82) is 0 Å². The average molecular weight is 346 g/mol. The highest BCUT2D eigenvalue weighted by Gasteiger charge is 2.39. The Morgan fingerprint density at radius 1 is 1.28 bits per heavy atom. The SMILES string of the molecule is CC(=O)Nc1cccc(N2C(=O)NC(CCC(=O)NC(C)C)C2=O)c1. The summed E-state index contributed by atoms with van der Waals surface area (Å²) in [6, 6.07) is 5.20. The lowest BCUT2D eigenvalue weighted by molar-refractivity contribution is -0.122. The molecule has 2 rings (SSSR count). The molecule has 1 unspecified atom stereocenters. The molecule has 8 nitrogen and oxygen atoms in total. The summed E-state index contributed by atoms with van der Waals surface area (Å²) in [5.74, 6) is -0.825. The number of rotatable bonds is 6. The summed E-state index contributed by atoms with van der Waals surface area (Å²) >= 11 is 0. The molecule has 0 spiro atoms. The molecule has 8 heteroatoms. The van der Waals surface area contributed by atoms with Gasteiger partial charge in [-0.3, -0.25) is 14.4 Å². The number of nitrogens with zero attached hydrogens (tertiary/aromatic N) is 1. The van der Waals surface area contributed by atoms with Gasteiger partial charge in [-0.05, 0) is 38.5 Å².